The maximum Gasteiger partial charge on any atom is 0.135 e. The van der Waals surface area contributed by atoms with Crippen LogP contribution in [0.2, 0.25) is 0 Å². The zero-order valence-electron chi connectivity index (χ0n) is 55.0. The van der Waals surface area contributed by atoms with Crippen molar-refractivity contribution in [3.8, 4) is 50.7 Å². The van der Waals surface area contributed by atoms with E-state index in [0.29, 0.717) is 67.4 Å². The molecule has 6 heteroatoms. The molecule has 12 rings (SSSR count). The summed E-state index contributed by atoms with van der Waals surface area (Å²) < 4.78 is 74.6. The molecular formula is C74H73N4OPt-3. The third-order valence-electron chi connectivity index (χ3n) is 16.0. The number of aromatic nitrogens is 2. The van der Waals surface area contributed by atoms with Gasteiger partial charge in [0.05, 0.1) is 9.60 Å². The van der Waals surface area contributed by atoms with Gasteiger partial charge >= 0.3 is 0 Å². The Morgan fingerprint density at radius 1 is 0.625 bits per heavy atom. The fourth-order valence-electron chi connectivity index (χ4n) is 11.6. The number of hydrogen-bond donors (Lipinski definition) is 0. The molecule has 10 aromatic rings. The van der Waals surface area contributed by atoms with E-state index in [2.05, 4.69) is 154 Å². The van der Waals surface area contributed by atoms with E-state index >= 15 is 0 Å². The average molecular weight is 1240 g/mol. The summed E-state index contributed by atoms with van der Waals surface area (Å²) in [5.41, 5.74) is 12.9. The standard InChI is InChI=1S/C74H73N4O.Pt/c1-48(2)37-49-38-61(51-29-32-63-64(43-51)74(11,12)35-34-73(63,9)10)70(62(39-49)53-40-52(50-21-14-13-15-22-50)41-55(42-53)72(6,7)8)77-47-76(66-27-18-19-28-67(66)77)56-23-20-24-57(45-56)79-58-30-31-60-59-25-16-17-26-65(59)78(68(60)46-58)69-44-54(33-36-75-69)71(3,4)5;/h13-33,36,38-44,47-48H,34-35,37H2,1-12H3;/q-3;/i16D,17D,25D,26D,40D,41D,42D;. The van der Waals surface area contributed by atoms with Gasteiger partial charge in [0.1, 0.15) is 5.82 Å². The van der Waals surface area contributed by atoms with Gasteiger partial charge in [0.2, 0.25) is 0 Å². The molecule has 0 saturated heterocycles. The van der Waals surface area contributed by atoms with Crippen LogP contribution in [0.15, 0.2) is 176 Å². The number of nitrogens with zero attached hydrogens (tertiary/aromatic N) is 4. The van der Waals surface area contributed by atoms with Crippen LogP contribution < -0.4 is 14.5 Å². The normalized spacial score (nSPS) is 16.0. The van der Waals surface area contributed by atoms with E-state index < -0.39 is 5.41 Å². The van der Waals surface area contributed by atoms with Gasteiger partial charge in [0, 0.05) is 72.5 Å². The molecule has 0 radical (unpaired) electrons. The zero-order chi connectivity index (χ0) is 61.3. The summed E-state index contributed by atoms with van der Waals surface area (Å²) in [6, 6.07) is 49.4. The van der Waals surface area contributed by atoms with E-state index in [0.717, 1.165) is 69.7 Å². The minimum atomic E-state index is -0.617. The molecule has 0 bridgehead atoms. The molecule has 2 aromatic heterocycles. The largest absolute Gasteiger partial charge is 0.509 e. The van der Waals surface area contributed by atoms with Gasteiger partial charge in [-0.05, 0) is 151 Å². The van der Waals surface area contributed by atoms with Gasteiger partial charge in [0.15, 0.2) is 0 Å². The Kier molecular flexibility index (Phi) is 12.1. The maximum absolute atomic E-state index is 10.4. The first kappa shape index (κ1) is 46.5. The smallest absolute Gasteiger partial charge is 0.135 e. The van der Waals surface area contributed by atoms with Crippen molar-refractivity contribution < 1.29 is 35.4 Å². The summed E-state index contributed by atoms with van der Waals surface area (Å²) in [5.74, 6) is 1.54. The van der Waals surface area contributed by atoms with Crippen LogP contribution >= 0.6 is 0 Å². The fourth-order valence-corrected chi connectivity index (χ4v) is 11.6. The molecule has 0 atom stereocenters. The van der Waals surface area contributed by atoms with Gasteiger partial charge in [0.25, 0.3) is 0 Å². The number of benzene rings is 8. The Labute approximate surface area is 499 Å². The van der Waals surface area contributed by atoms with Gasteiger partial charge in [-0.1, -0.05) is 179 Å². The van der Waals surface area contributed by atoms with Crippen LogP contribution in [0.5, 0.6) is 11.5 Å². The van der Waals surface area contributed by atoms with Crippen molar-refractivity contribution >= 4 is 44.6 Å². The second-order valence-electron chi connectivity index (χ2n) is 25.4. The first-order valence-electron chi connectivity index (χ1n) is 31.3. The summed E-state index contributed by atoms with van der Waals surface area (Å²) in [5, 5.41) is 0.954. The van der Waals surface area contributed by atoms with Crippen molar-refractivity contribution in [2.24, 2.45) is 5.92 Å². The Bertz CT molecular complexity index is 4380. The van der Waals surface area contributed by atoms with Crippen molar-refractivity contribution in [2.75, 3.05) is 9.80 Å². The first-order chi connectivity index (χ1) is 40.6. The molecule has 5 nitrogen and oxygen atoms in total. The van der Waals surface area contributed by atoms with E-state index in [-0.39, 0.29) is 79.6 Å². The van der Waals surface area contributed by atoms with Crippen molar-refractivity contribution in [3.63, 3.8) is 0 Å². The molecule has 0 fully saturated rings. The summed E-state index contributed by atoms with van der Waals surface area (Å²) >= 11 is 0. The van der Waals surface area contributed by atoms with E-state index in [1.165, 1.54) is 11.1 Å². The number of hydrogen-bond acceptors (Lipinski definition) is 4. The van der Waals surface area contributed by atoms with Crippen LogP contribution in [-0.4, -0.2) is 9.55 Å². The van der Waals surface area contributed by atoms with Crippen LogP contribution in [0, 0.1) is 24.7 Å². The van der Waals surface area contributed by atoms with Gasteiger partial charge in [-0.25, -0.2) is 4.98 Å². The Hall–Kier alpha value is -7.20. The van der Waals surface area contributed by atoms with Crippen molar-refractivity contribution in [3.05, 3.63) is 223 Å². The first-order valence-corrected chi connectivity index (χ1v) is 27.8. The van der Waals surface area contributed by atoms with Gasteiger partial charge in [-0.2, -0.15) is 12.1 Å². The zero-order valence-corrected chi connectivity index (χ0v) is 50.3. The number of rotatable bonds is 10. The molecule has 0 spiro atoms. The second kappa shape index (κ2) is 20.7. The molecule has 0 saturated carbocycles. The molecule has 0 N–H and O–H groups in total. The summed E-state index contributed by atoms with van der Waals surface area (Å²) in [6.45, 7) is 28.5. The van der Waals surface area contributed by atoms with Crippen molar-refractivity contribution in [2.45, 2.75) is 124 Å². The van der Waals surface area contributed by atoms with E-state index in [1.54, 1.807) is 16.8 Å². The predicted molar refractivity (Wildman–Crippen MR) is 332 cm³/mol. The second-order valence-corrected chi connectivity index (χ2v) is 25.4. The Morgan fingerprint density at radius 3 is 2.01 bits per heavy atom. The molecule has 1 aliphatic heterocycles. The Morgan fingerprint density at radius 2 is 1.29 bits per heavy atom. The molecule has 80 heavy (non-hydrogen) atoms. The van der Waals surface area contributed by atoms with Crippen molar-refractivity contribution in [1.82, 2.24) is 9.55 Å². The molecule has 0 amide bonds. The minimum Gasteiger partial charge on any atom is -0.509 e. The van der Waals surface area contributed by atoms with Crippen molar-refractivity contribution in [1.29, 1.82) is 0 Å². The van der Waals surface area contributed by atoms with Gasteiger partial charge in [-0.3, -0.25) is 0 Å². The predicted octanol–water partition coefficient (Wildman–Crippen LogP) is 20.1. The number of ether oxygens (including phenoxy) is 1. The van der Waals surface area contributed by atoms with E-state index in [1.807, 2.05) is 78.9 Å². The van der Waals surface area contributed by atoms with Crippen LogP contribution in [-0.2, 0) is 49.1 Å². The molecule has 1 aliphatic carbocycles. The number of anilines is 4. The molecule has 3 heterocycles. The number of pyridine rings is 1. The molecule has 408 valence electrons. The summed E-state index contributed by atoms with van der Waals surface area (Å²) in [7, 11) is 0. The molecular weight excluding hydrogens is 1160 g/mol. The molecule has 8 aromatic carbocycles. The minimum absolute atomic E-state index is 0. The number of para-hydroxylation sites is 3. The molecule has 0 unspecified atom stereocenters. The summed E-state index contributed by atoms with van der Waals surface area (Å²) in [4.78, 5) is 9.09. The maximum atomic E-state index is 10.4. The SMILES string of the molecule is [2H]c1c(-c2ccccc2)c([2H])c(C(C)(C)C)c([2H])c1-c1cc(CC(C)C)cc(-c2ccc3c(c2)C(C)(C)CCC3(C)C)c1N1[CH-]N(c2[c-]c(Oc3[c-]c4c(cc3)c3c([2H])c([2H])c([2H])c([2H])c3n4-c3cc(C(C)(C)C)ccn3)ccc2)c2ccccc21.[Pt]. The van der Waals surface area contributed by atoms with Crippen LogP contribution in [0.3, 0.4) is 0 Å². The van der Waals surface area contributed by atoms with Gasteiger partial charge < -0.3 is 19.1 Å². The Balaban J connectivity index is 0.00000784. The summed E-state index contributed by atoms with van der Waals surface area (Å²) in [6.07, 6.45) is 4.62. The number of fused-ring (bicyclic) bond motifs is 5. The van der Waals surface area contributed by atoms with E-state index in [4.69, 9.17) is 15.2 Å². The van der Waals surface area contributed by atoms with Crippen LogP contribution in [0.25, 0.3) is 61.0 Å². The topological polar surface area (TPSA) is 33.5 Å². The van der Waals surface area contributed by atoms with Gasteiger partial charge in [-0.15, -0.1) is 48.1 Å². The van der Waals surface area contributed by atoms with E-state index in [9.17, 15) is 4.11 Å². The average Bonchev–Trinajstić information content (AvgIpc) is 1.75. The van der Waals surface area contributed by atoms with Crippen LogP contribution in [0.1, 0.15) is 133 Å². The third kappa shape index (κ3) is 10.2. The van der Waals surface area contributed by atoms with Crippen LogP contribution in [0.4, 0.5) is 22.7 Å². The monoisotopic (exact) mass is 1240 g/mol. The quantitative estimate of drug-likeness (QED) is 0.128. The fraction of sp³-hybridized carbons (Fsp3) is 0.270. The molecule has 2 aliphatic rings. The third-order valence-corrected chi connectivity index (χ3v) is 16.0.